The molecule has 1 aromatic heterocycles. The summed E-state index contributed by atoms with van der Waals surface area (Å²) in [7, 11) is 0. The summed E-state index contributed by atoms with van der Waals surface area (Å²) in [5.41, 5.74) is 0.241. The molecule has 73 valence electrons. The standard InChI is InChI=1S/C9H8ClN2O2/c1-5(13)7-3-4-11-9(8(7)10)12-6(2)14/h3-4H,1H2,2H3,(H,11,12,14). The van der Waals surface area contributed by atoms with Crippen molar-refractivity contribution in [1.29, 1.82) is 0 Å². The number of carbonyl (C=O) groups is 2. The number of amides is 1. The van der Waals surface area contributed by atoms with Crippen molar-refractivity contribution in [3.05, 3.63) is 29.8 Å². The summed E-state index contributed by atoms with van der Waals surface area (Å²) in [6, 6.07) is 1.45. The van der Waals surface area contributed by atoms with Crippen molar-refractivity contribution in [2.75, 3.05) is 5.32 Å². The fourth-order valence-electron chi connectivity index (χ4n) is 0.913. The highest BCUT2D eigenvalue weighted by atomic mass is 35.5. The minimum Gasteiger partial charge on any atom is -0.310 e. The molecule has 0 aliphatic heterocycles. The van der Waals surface area contributed by atoms with Crippen molar-refractivity contribution in [2.24, 2.45) is 0 Å². The van der Waals surface area contributed by atoms with Crippen LogP contribution < -0.4 is 5.32 Å². The van der Waals surface area contributed by atoms with Crippen LogP contribution in [0.1, 0.15) is 17.3 Å². The molecule has 0 aliphatic rings. The molecule has 5 heteroatoms. The van der Waals surface area contributed by atoms with Gasteiger partial charge in [-0.05, 0) is 6.07 Å². The molecule has 0 aromatic carbocycles. The van der Waals surface area contributed by atoms with Crippen LogP contribution in [0.4, 0.5) is 5.82 Å². The van der Waals surface area contributed by atoms with Gasteiger partial charge in [0.2, 0.25) is 5.91 Å². The van der Waals surface area contributed by atoms with Gasteiger partial charge in [-0.15, -0.1) is 0 Å². The quantitative estimate of drug-likeness (QED) is 0.758. The first kappa shape index (κ1) is 10.7. The van der Waals surface area contributed by atoms with E-state index in [1.54, 1.807) is 0 Å². The zero-order valence-electron chi connectivity index (χ0n) is 7.50. The SMILES string of the molecule is [CH2]C(=O)c1ccnc(NC(C)=O)c1Cl. The molecule has 1 heterocycles. The number of hydrogen-bond acceptors (Lipinski definition) is 3. The Morgan fingerprint density at radius 1 is 1.57 bits per heavy atom. The second-order valence-electron chi connectivity index (χ2n) is 2.63. The predicted molar refractivity (Wildman–Crippen MR) is 53.2 cm³/mol. The third kappa shape index (κ3) is 2.29. The number of nitrogens with one attached hydrogen (secondary N) is 1. The van der Waals surface area contributed by atoms with Gasteiger partial charge in [-0.1, -0.05) is 11.6 Å². The Kier molecular flexibility index (Phi) is 3.19. The lowest BCUT2D eigenvalue weighted by molar-refractivity contribution is -0.114. The van der Waals surface area contributed by atoms with Gasteiger partial charge in [-0.25, -0.2) is 4.98 Å². The summed E-state index contributed by atoms with van der Waals surface area (Å²) in [5, 5.41) is 2.52. The van der Waals surface area contributed by atoms with Gasteiger partial charge in [0, 0.05) is 25.6 Å². The maximum Gasteiger partial charge on any atom is 0.222 e. The molecule has 0 bridgehead atoms. The van der Waals surface area contributed by atoms with Crippen molar-refractivity contribution >= 4 is 29.1 Å². The number of hydrogen-bond donors (Lipinski definition) is 1. The molecule has 14 heavy (non-hydrogen) atoms. The van der Waals surface area contributed by atoms with Gasteiger partial charge in [0.25, 0.3) is 0 Å². The molecule has 0 unspecified atom stereocenters. The lowest BCUT2D eigenvalue weighted by atomic mass is 10.2. The molecule has 0 spiro atoms. The van der Waals surface area contributed by atoms with Crippen LogP contribution in [0.25, 0.3) is 0 Å². The van der Waals surface area contributed by atoms with Gasteiger partial charge < -0.3 is 5.32 Å². The van der Waals surface area contributed by atoms with Crippen LogP contribution >= 0.6 is 11.6 Å². The fourth-order valence-corrected chi connectivity index (χ4v) is 1.18. The Morgan fingerprint density at radius 3 is 2.71 bits per heavy atom. The van der Waals surface area contributed by atoms with E-state index in [0.29, 0.717) is 0 Å². The average molecular weight is 212 g/mol. The van der Waals surface area contributed by atoms with Crippen molar-refractivity contribution in [3.63, 3.8) is 0 Å². The number of pyridine rings is 1. The van der Waals surface area contributed by atoms with Crippen LogP contribution in [-0.4, -0.2) is 16.7 Å². The van der Waals surface area contributed by atoms with Crippen molar-refractivity contribution < 1.29 is 9.59 Å². The topological polar surface area (TPSA) is 59.1 Å². The number of anilines is 1. The van der Waals surface area contributed by atoms with Gasteiger partial charge in [-0.3, -0.25) is 9.59 Å². The van der Waals surface area contributed by atoms with Gasteiger partial charge in [0.15, 0.2) is 11.6 Å². The van der Waals surface area contributed by atoms with Crippen molar-refractivity contribution in [1.82, 2.24) is 4.98 Å². The molecule has 1 aromatic rings. The van der Waals surface area contributed by atoms with Crippen molar-refractivity contribution in [2.45, 2.75) is 6.92 Å². The van der Waals surface area contributed by atoms with Gasteiger partial charge in [0.05, 0.1) is 5.02 Å². The maximum atomic E-state index is 11.0. The Bertz CT molecular complexity index is 390. The highest BCUT2D eigenvalue weighted by Crippen LogP contribution is 2.23. The number of carbonyl (C=O) groups excluding carboxylic acids is 2. The fraction of sp³-hybridized carbons (Fsp3) is 0.111. The molecule has 0 fully saturated rings. The molecule has 1 radical (unpaired) electrons. The van der Waals surface area contributed by atoms with Crippen LogP contribution in [-0.2, 0) is 4.79 Å². The van der Waals surface area contributed by atoms with E-state index in [1.807, 2.05) is 0 Å². The molecular formula is C9H8ClN2O2. The number of halogens is 1. The third-order valence-corrected chi connectivity index (χ3v) is 1.87. The maximum absolute atomic E-state index is 11.0. The summed E-state index contributed by atoms with van der Waals surface area (Å²) in [4.78, 5) is 25.5. The molecule has 0 aliphatic carbocycles. The smallest absolute Gasteiger partial charge is 0.222 e. The zero-order valence-corrected chi connectivity index (χ0v) is 8.26. The second-order valence-corrected chi connectivity index (χ2v) is 3.00. The minimum atomic E-state index is -0.413. The molecule has 1 amide bonds. The Labute approximate surface area is 86.3 Å². The molecule has 0 saturated carbocycles. The summed E-state index contributed by atoms with van der Waals surface area (Å²) >= 11 is 5.81. The van der Waals surface area contributed by atoms with Gasteiger partial charge in [-0.2, -0.15) is 0 Å². The normalized spacial score (nSPS) is 9.64. The highest BCUT2D eigenvalue weighted by molar-refractivity contribution is 6.36. The summed E-state index contributed by atoms with van der Waals surface area (Å²) in [5.74, 6) is -0.536. The van der Waals surface area contributed by atoms with Crippen LogP contribution in [0.15, 0.2) is 12.3 Å². The van der Waals surface area contributed by atoms with E-state index in [1.165, 1.54) is 19.2 Å². The van der Waals surface area contributed by atoms with E-state index >= 15 is 0 Å². The second kappa shape index (κ2) is 4.19. The van der Waals surface area contributed by atoms with Crippen molar-refractivity contribution in [3.8, 4) is 0 Å². The minimum absolute atomic E-state index is 0.114. The van der Waals surface area contributed by atoms with Gasteiger partial charge >= 0.3 is 0 Å². The van der Waals surface area contributed by atoms with Gasteiger partial charge in [0.1, 0.15) is 0 Å². The number of rotatable bonds is 2. The molecule has 0 saturated heterocycles. The lowest BCUT2D eigenvalue weighted by Crippen LogP contribution is -2.09. The summed E-state index contributed by atoms with van der Waals surface area (Å²) in [6.07, 6.45) is 1.38. The van der Waals surface area contributed by atoms with E-state index in [2.05, 4.69) is 17.2 Å². The first-order chi connectivity index (χ1) is 6.52. The summed E-state index contributed by atoms with van der Waals surface area (Å²) in [6.45, 7) is 4.56. The zero-order chi connectivity index (χ0) is 10.7. The first-order valence-corrected chi connectivity index (χ1v) is 4.18. The number of nitrogens with zero attached hydrogens (tertiary/aromatic N) is 1. The van der Waals surface area contributed by atoms with Crippen LogP contribution in [0.3, 0.4) is 0 Å². The Morgan fingerprint density at radius 2 is 2.21 bits per heavy atom. The molecule has 4 nitrogen and oxygen atoms in total. The summed E-state index contributed by atoms with van der Waals surface area (Å²) < 4.78 is 0. The largest absolute Gasteiger partial charge is 0.310 e. The van der Waals surface area contributed by atoms with E-state index in [4.69, 9.17) is 11.6 Å². The van der Waals surface area contributed by atoms with Crippen LogP contribution in [0, 0.1) is 6.92 Å². The molecule has 1 rings (SSSR count). The van der Waals surface area contributed by atoms with E-state index in [-0.39, 0.29) is 22.3 Å². The predicted octanol–water partition coefficient (Wildman–Crippen LogP) is 1.71. The third-order valence-electron chi connectivity index (χ3n) is 1.48. The van der Waals surface area contributed by atoms with Crippen LogP contribution in [0.5, 0.6) is 0 Å². The van der Waals surface area contributed by atoms with E-state index in [9.17, 15) is 9.59 Å². The monoisotopic (exact) mass is 211 g/mol. The van der Waals surface area contributed by atoms with E-state index < -0.39 is 5.78 Å². The molecule has 0 atom stereocenters. The number of ketones is 1. The number of Topliss-reactive ketones (excluding diaryl/α,β-unsaturated/α-hetero) is 1. The van der Waals surface area contributed by atoms with Crippen LogP contribution in [0.2, 0.25) is 5.02 Å². The highest BCUT2D eigenvalue weighted by Gasteiger charge is 2.11. The number of aromatic nitrogens is 1. The Hall–Kier alpha value is -1.42. The first-order valence-electron chi connectivity index (χ1n) is 3.80. The molecular weight excluding hydrogens is 204 g/mol. The van der Waals surface area contributed by atoms with E-state index in [0.717, 1.165) is 0 Å². The molecule has 1 N–H and O–H groups in total. The average Bonchev–Trinajstić information content (AvgIpc) is 2.07. The Balaban J connectivity index is 3.13. The lowest BCUT2D eigenvalue weighted by Gasteiger charge is -2.05.